The number of esters is 1. The van der Waals surface area contributed by atoms with Gasteiger partial charge in [0.2, 0.25) is 0 Å². The molecule has 0 aromatic carbocycles. The van der Waals surface area contributed by atoms with Gasteiger partial charge in [0.05, 0.1) is 34.3 Å². The van der Waals surface area contributed by atoms with Gasteiger partial charge in [-0.25, -0.2) is 0 Å². The SMILES string of the molecule is CCCCCC1CC1C[C@@H]1C[C@@H]1CCCCCCCC(=O)OCCC[N+](C)(C)C. The molecule has 0 saturated heterocycles. The second kappa shape index (κ2) is 13.0. The molecule has 0 bridgehead atoms. The Morgan fingerprint density at radius 1 is 0.793 bits per heavy atom. The van der Waals surface area contributed by atoms with Gasteiger partial charge < -0.3 is 9.22 Å². The molecular formula is C26H50NO2+. The van der Waals surface area contributed by atoms with Crippen molar-refractivity contribution < 1.29 is 14.0 Å². The fraction of sp³-hybridized carbons (Fsp3) is 0.962. The van der Waals surface area contributed by atoms with Crippen molar-refractivity contribution in [2.24, 2.45) is 23.7 Å². The summed E-state index contributed by atoms with van der Waals surface area (Å²) in [5.41, 5.74) is 0. The normalized spacial score (nSPS) is 25.8. The highest BCUT2D eigenvalue weighted by Gasteiger charge is 2.44. The molecule has 3 nitrogen and oxygen atoms in total. The average molecular weight is 409 g/mol. The lowest BCUT2D eigenvalue weighted by Crippen LogP contribution is -2.35. The van der Waals surface area contributed by atoms with E-state index in [-0.39, 0.29) is 5.97 Å². The minimum absolute atomic E-state index is 0.000283. The van der Waals surface area contributed by atoms with Crippen molar-refractivity contribution in [1.82, 2.24) is 0 Å². The smallest absolute Gasteiger partial charge is 0.305 e. The maximum atomic E-state index is 11.8. The molecule has 2 rings (SSSR count). The number of rotatable bonds is 18. The first kappa shape index (κ1) is 24.7. The van der Waals surface area contributed by atoms with Gasteiger partial charge in [0.1, 0.15) is 0 Å². The molecule has 2 unspecified atom stereocenters. The van der Waals surface area contributed by atoms with E-state index in [9.17, 15) is 4.79 Å². The molecule has 2 fully saturated rings. The summed E-state index contributed by atoms with van der Waals surface area (Å²) in [6, 6.07) is 0. The molecule has 170 valence electrons. The number of quaternary nitrogens is 1. The lowest BCUT2D eigenvalue weighted by molar-refractivity contribution is -0.870. The van der Waals surface area contributed by atoms with Crippen molar-refractivity contribution in [3.63, 3.8) is 0 Å². The molecule has 0 heterocycles. The van der Waals surface area contributed by atoms with Crippen LogP contribution in [0.3, 0.4) is 0 Å². The standard InChI is InChI=1S/C26H50NO2/c1-5-6-10-14-22-19-24(22)21-25-20-23(25)15-11-8-7-9-12-16-26(28)29-18-13-17-27(2,3)4/h22-25H,5-21H2,1-4H3/q+1/t22?,23-,24?,25-/m0/s1. The number of carbonyl (C=O) groups excluding carboxylic acids is 1. The Kier molecular flexibility index (Phi) is 11.0. The molecule has 0 aromatic rings. The molecule has 4 atom stereocenters. The monoisotopic (exact) mass is 408 g/mol. The quantitative estimate of drug-likeness (QED) is 0.145. The molecule has 0 N–H and O–H groups in total. The van der Waals surface area contributed by atoms with E-state index in [1.54, 1.807) is 12.8 Å². The highest BCUT2D eigenvalue weighted by Crippen LogP contribution is 2.54. The Bertz CT molecular complexity index is 456. The zero-order chi connectivity index (χ0) is 21.1. The molecular weight excluding hydrogens is 358 g/mol. The van der Waals surface area contributed by atoms with Crippen molar-refractivity contribution in [1.29, 1.82) is 0 Å². The molecule has 0 spiro atoms. The first-order valence-electron chi connectivity index (χ1n) is 12.8. The fourth-order valence-corrected chi connectivity index (χ4v) is 4.95. The van der Waals surface area contributed by atoms with Crippen LogP contribution in [-0.4, -0.2) is 44.7 Å². The maximum Gasteiger partial charge on any atom is 0.305 e. The summed E-state index contributed by atoms with van der Waals surface area (Å²) in [5.74, 6) is 4.36. The van der Waals surface area contributed by atoms with Gasteiger partial charge in [-0.05, 0) is 49.4 Å². The third kappa shape index (κ3) is 12.0. The Hall–Kier alpha value is -0.570. The van der Waals surface area contributed by atoms with E-state index in [1.807, 2.05) is 0 Å². The Balaban J connectivity index is 1.32. The van der Waals surface area contributed by atoms with Crippen LogP contribution < -0.4 is 0 Å². The fourth-order valence-electron chi connectivity index (χ4n) is 4.95. The van der Waals surface area contributed by atoms with Crippen LogP contribution in [0, 0.1) is 23.7 Å². The molecule has 0 radical (unpaired) electrons. The highest BCUT2D eigenvalue weighted by molar-refractivity contribution is 5.69. The first-order chi connectivity index (χ1) is 13.9. The van der Waals surface area contributed by atoms with Crippen LogP contribution in [0.5, 0.6) is 0 Å². The molecule has 2 aliphatic carbocycles. The van der Waals surface area contributed by atoms with Crippen LogP contribution in [0.1, 0.15) is 103 Å². The van der Waals surface area contributed by atoms with Crippen molar-refractivity contribution in [3.05, 3.63) is 0 Å². The number of carbonyl (C=O) groups is 1. The van der Waals surface area contributed by atoms with Gasteiger partial charge in [-0.1, -0.05) is 64.7 Å². The van der Waals surface area contributed by atoms with Crippen molar-refractivity contribution in [3.8, 4) is 0 Å². The lowest BCUT2D eigenvalue weighted by Gasteiger charge is -2.23. The number of unbranched alkanes of at least 4 members (excludes halogenated alkanes) is 6. The largest absolute Gasteiger partial charge is 0.465 e. The van der Waals surface area contributed by atoms with Gasteiger partial charge in [0, 0.05) is 12.8 Å². The summed E-state index contributed by atoms with van der Waals surface area (Å²) >= 11 is 0. The highest BCUT2D eigenvalue weighted by atomic mass is 16.5. The van der Waals surface area contributed by atoms with Gasteiger partial charge in [-0.15, -0.1) is 0 Å². The summed E-state index contributed by atoms with van der Waals surface area (Å²) in [4.78, 5) is 11.8. The number of ether oxygens (including phenoxy) is 1. The number of hydrogen-bond donors (Lipinski definition) is 0. The third-order valence-electron chi connectivity index (χ3n) is 7.11. The number of nitrogens with zero attached hydrogens (tertiary/aromatic N) is 1. The van der Waals surface area contributed by atoms with Crippen LogP contribution >= 0.6 is 0 Å². The molecule has 0 amide bonds. The summed E-state index contributed by atoms with van der Waals surface area (Å²) in [6.45, 7) is 3.94. The Labute approximate surface area is 181 Å². The Morgan fingerprint density at radius 2 is 1.38 bits per heavy atom. The zero-order valence-corrected chi connectivity index (χ0v) is 20.1. The van der Waals surface area contributed by atoms with E-state index in [0.717, 1.165) is 47.5 Å². The second-order valence-electron chi connectivity index (χ2n) is 11.1. The van der Waals surface area contributed by atoms with E-state index >= 15 is 0 Å². The lowest BCUT2D eigenvalue weighted by atomic mass is 10.0. The summed E-state index contributed by atoms with van der Waals surface area (Å²) in [7, 11) is 6.51. The number of hydrogen-bond acceptors (Lipinski definition) is 2. The topological polar surface area (TPSA) is 26.3 Å². The van der Waals surface area contributed by atoms with E-state index < -0.39 is 0 Å². The second-order valence-corrected chi connectivity index (χ2v) is 11.1. The minimum atomic E-state index is 0.000283. The first-order valence-corrected chi connectivity index (χ1v) is 12.8. The molecule has 0 aromatic heterocycles. The van der Waals surface area contributed by atoms with E-state index in [2.05, 4.69) is 28.1 Å². The van der Waals surface area contributed by atoms with E-state index in [0.29, 0.717) is 13.0 Å². The van der Waals surface area contributed by atoms with Crippen molar-refractivity contribution >= 4 is 5.97 Å². The third-order valence-corrected chi connectivity index (χ3v) is 7.11. The zero-order valence-electron chi connectivity index (χ0n) is 20.1. The predicted molar refractivity (Wildman–Crippen MR) is 123 cm³/mol. The van der Waals surface area contributed by atoms with E-state index in [1.165, 1.54) is 64.2 Å². The van der Waals surface area contributed by atoms with Crippen molar-refractivity contribution in [2.75, 3.05) is 34.3 Å². The van der Waals surface area contributed by atoms with Crippen LogP contribution in [-0.2, 0) is 9.53 Å². The van der Waals surface area contributed by atoms with E-state index in [4.69, 9.17) is 4.74 Å². The van der Waals surface area contributed by atoms with Gasteiger partial charge in [0.25, 0.3) is 0 Å². The summed E-state index contributed by atoms with van der Waals surface area (Å²) in [5, 5.41) is 0. The van der Waals surface area contributed by atoms with Crippen LogP contribution in [0.15, 0.2) is 0 Å². The average Bonchev–Trinajstić information content (AvgIpc) is 3.57. The molecule has 2 saturated carbocycles. The van der Waals surface area contributed by atoms with Crippen LogP contribution in [0.4, 0.5) is 0 Å². The van der Waals surface area contributed by atoms with Gasteiger partial charge in [-0.2, -0.15) is 0 Å². The van der Waals surface area contributed by atoms with Gasteiger partial charge in [-0.3, -0.25) is 4.79 Å². The Morgan fingerprint density at radius 3 is 2.00 bits per heavy atom. The molecule has 2 aliphatic rings. The minimum Gasteiger partial charge on any atom is -0.465 e. The van der Waals surface area contributed by atoms with Crippen molar-refractivity contribution in [2.45, 2.75) is 103 Å². The van der Waals surface area contributed by atoms with Gasteiger partial charge >= 0.3 is 5.97 Å². The predicted octanol–water partition coefficient (Wildman–Crippen LogP) is 6.60. The molecule has 29 heavy (non-hydrogen) atoms. The maximum absolute atomic E-state index is 11.8. The van der Waals surface area contributed by atoms with Crippen LogP contribution in [0.2, 0.25) is 0 Å². The summed E-state index contributed by atoms with van der Waals surface area (Å²) < 4.78 is 6.27. The molecule has 3 heteroatoms. The van der Waals surface area contributed by atoms with Crippen LogP contribution in [0.25, 0.3) is 0 Å². The van der Waals surface area contributed by atoms with Gasteiger partial charge in [0.15, 0.2) is 0 Å². The molecule has 0 aliphatic heterocycles. The summed E-state index contributed by atoms with van der Waals surface area (Å²) in [6.07, 6.45) is 19.7.